The first-order chi connectivity index (χ1) is 11.2. The highest BCUT2D eigenvalue weighted by Crippen LogP contribution is 2.15. The number of piperidine rings is 1. The molecule has 0 aromatic heterocycles. The van der Waals surface area contributed by atoms with Crippen LogP contribution in [0.3, 0.4) is 0 Å². The average molecular weight is 312 g/mol. The molecular weight excluding hydrogens is 291 g/mol. The van der Waals surface area contributed by atoms with E-state index in [-0.39, 0.29) is 17.5 Å². The van der Waals surface area contributed by atoms with Crippen LogP contribution in [-0.4, -0.2) is 29.9 Å². The van der Waals surface area contributed by atoms with E-state index in [9.17, 15) is 9.18 Å². The highest BCUT2D eigenvalue weighted by atomic mass is 19.1. The number of halogens is 1. The van der Waals surface area contributed by atoms with E-state index in [4.69, 9.17) is 0 Å². The van der Waals surface area contributed by atoms with Crippen LogP contribution in [0.5, 0.6) is 0 Å². The smallest absolute Gasteiger partial charge is 0.254 e. The molecule has 1 fully saturated rings. The van der Waals surface area contributed by atoms with Crippen molar-refractivity contribution in [2.45, 2.75) is 25.4 Å². The zero-order chi connectivity index (χ0) is 16.1. The van der Waals surface area contributed by atoms with Crippen molar-refractivity contribution in [2.75, 3.05) is 13.1 Å². The number of nitrogens with one attached hydrogen (secondary N) is 1. The van der Waals surface area contributed by atoms with Gasteiger partial charge in [0, 0.05) is 19.1 Å². The molecule has 2 aromatic carbocycles. The quantitative estimate of drug-likeness (QED) is 0.940. The maximum absolute atomic E-state index is 13.7. The van der Waals surface area contributed by atoms with Gasteiger partial charge < -0.3 is 5.32 Å². The molecule has 23 heavy (non-hydrogen) atoms. The average Bonchev–Trinajstić information content (AvgIpc) is 2.56. The van der Waals surface area contributed by atoms with Gasteiger partial charge in [0.25, 0.3) is 5.91 Å². The van der Waals surface area contributed by atoms with Gasteiger partial charge in [-0.25, -0.2) is 4.39 Å². The van der Waals surface area contributed by atoms with Gasteiger partial charge in [0.05, 0.1) is 5.56 Å². The van der Waals surface area contributed by atoms with E-state index >= 15 is 0 Å². The molecule has 1 amide bonds. The Morgan fingerprint density at radius 3 is 2.65 bits per heavy atom. The number of hydrogen-bond donors (Lipinski definition) is 1. The molecule has 3 rings (SSSR count). The largest absolute Gasteiger partial charge is 0.348 e. The van der Waals surface area contributed by atoms with Gasteiger partial charge in [-0.05, 0) is 37.1 Å². The number of benzene rings is 2. The summed E-state index contributed by atoms with van der Waals surface area (Å²) < 4.78 is 13.7. The Labute approximate surface area is 136 Å². The van der Waals surface area contributed by atoms with Gasteiger partial charge in [0.15, 0.2) is 0 Å². The Hall–Kier alpha value is -2.20. The second kappa shape index (κ2) is 7.38. The molecule has 0 saturated carbocycles. The van der Waals surface area contributed by atoms with Crippen molar-refractivity contribution >= 4 is 5.91 Å². The van der Waals surface area contributed by atoms with Gasteiger partial charge in [-0.3, -0.25) is 9.69 Å². The first kappa shape index (κ1) is 15.7. The number of carbonyl (C=O) groups is 1. The maximum Gasteiger partial charge on any atom is 0.254 e. The summed E-state index contributed by atoms with van der Waals surface area (Å²) in [6, 6.07) is 16.5. The Morgan fingerprint density at radius 1 is 1.13 bits per heavy atom. The second-order valence-electron chi connectivity index (χ2n) is 6.01. The third-order valence-electron chi connectivity index (χ3n) is 4.21. The number of amides is 1. The van der Waals surface area contributed by atoms with Crippen LogP contribution >= 0.6 is 0 Å². The lowest BCUT2D eigenvalue weighted by Crippen LogP contribution is -2.47. The van der Waals surface area contributed by atoms with Crippen LogP contribution in [0.15, 0.2) is 54.6 Å². The third-order valence-corrected chi connectivity index (χ3v) is 4.21. The summed E-state index contributed by atoms with van der Waals surface area (Å²) in [5.41, 5.74) is 1.39. The van der Waals surface area contributed by atoms with Crippen molar-refractivity contribution in [1.82, 2.24) is 10.2 Å². The molecule has 1 atom stereocenters. The summed E-state index contributed by atoms with van der Waals surface area (Å²) >= 11 is 0. The topological polar surface area (TPSA) is 32.3 Å². The lowest BCUT2D eigenvalue weighted by Gasteiger charge is -2.33. The van der Waals surface area contributed by atoms with Crippen molar-refractivity contribution in [3.63, 3.8) is 0 Å². The molecule has 2 aromatic rings. The van der Waals surface area contributed by atoms with Crippen LogP contribution in [0.4, 0.5) is 4.39 Å². The number of hydrogen-bond acceptors (Lipinski definition) is 2. The first-order valence-electron chi connectivity index (χ1n) is 8.04. The van der Waals surface area contributed by atoms with Crippen LogP contribution in [0.1, 0.15) is 28.8 Å². The van der Waals surface area contributed by atoms with Gasteiger partial charge in [-0.1, -0.05) is 42.5 Å². The van der Waals surface area contributed by atoms with E-state index < -0.39 is 5.82 Å². The van der Waals surface area contributed by atoms with E-state index in [0.717, 1.165) is 32.5 Å². The molecular formula is C19H21FN2O. The molecule has 0 aliphatic carbocycles. The van der Waals surface area contributed by atoms with Crippen LogP contribution in [0.25, 0.3) is 0 Å². The molecule has 1 aliphatic rings. The zero-order valence-corrected chi connectivity index (χ0v) is 13.0. The van der Waals surface area contributed by atoms with Crippen molar-refractivity contribution in [1.29, 1.82) is 0 Å². The minimum atomic E-state index is -0.470. The predicted octanol–water partition coefficient (Wildman–Crippen LogP) is 3.22. The minimum absolute atomic E-state index is 0.0690. The van der Waals surface area contributed by atoms with Crippen molar-refractivity contribution in [3.8, 4) is 0 Å². The summed E-state index contributed by atoms with van der Waals surface area (Å²) in [5.74, 6) is -0.795. The van der Waals surface area contributed by atoms with Crippen LogP contribution < -0.4 is 5.32 Å². The third kappa shape index (κ3) is 4.17. The Bertz CT molecular complexity index is 659. The van der Waals surface area contributed by atoms with E-state index in [1.807, 2.05) is 18.2 Å². The van der Waals surface area contributed by atoms with Crippen molar-refractivity contribution in [3.05, 3.63) is 71.5 Å². The molecule has 0 spiro atoms. The van der Waals surface area contributed by atoms with Gasteiger partial charge in [0.2, 0.25) is 0 Å². The lowest BCUT2D eigenvalue weighted by molar-refractivity contribution is 0.0897. The second-order valence-corrected chi connectivity index (χ2v) is 6.01. The standard InChI is InChI=1S/C19H21FN2O/c20-18-11-5-4-10-17(18)19(23)21-16-9-6-12-22(14-16)13-15-7-2-1-3-8-15/h1-5,7-8,10-11,16H,6,9,12-14H2,(H,21,23)/t16-/m0/s1. The fourth-order valence-electron chi connectivity index (χ4n) is 3.07. The molecule has 120 valence electrons. The summed E-state index contributed by atoms with van der Waals surface area (Å²) in [6.07, 6.45) is 1.97. The molecule has 1 saturated heterocycles. The number of rotatable bonds is 4. The summed E-state index contributed by atoms with van der Waals surface area (Å²) in [4.78, 5) is 14.6. The van der Waals surface area contributed by atoms with Gasteiger partial charge in [-0.2, -0.15) is 0 Å². The van der Waals surface area contributed by atoms with Crippen molar-refractivity contribution in [2.24, 2.45) is 0 Å². The van der Waals surface area contributed by atoms with E-state index in [1.165, 1.54) is 17.7 Å². The monoisotopic (exact) mass is 312 g/mol. The minimum Gasteiger partial charge on any atom is -0.348 e. The fourth-order valence-corrected chi connectivity index (χ4v) is 3.07. The normalized spacial score (nSPS) is 18.6. The number of likely N-dealkylation sites (tertiary alicyclic amines) is 1. The lowest BCUT2D eigenvalue weighted by atomic mass is 10.0. The molecule has 0 unspecified atom stereocenters. The summed E-state index contributed by atoms with van der Waals surface area (Å²) in [5, 5.41) is 2.97. The van der Waals surface area contributed by atoms with Crippen LogP contribution in [0.2, 0.25) is 0 Å². The number of carbonyl (C=O) groups excluding carboxylic acids is 1. The molecule has 0 bridgehead atoms. The van der Waals surface area contributed by atoms with Crippen LogP contribution in [0, 0.1) is 5.82 Å². The molecule has 1 heterocycles. The fraction of sp³-hybridized carbons (Fsp3) is 0.316. The molecule has 1 N–H and O–H groups in total. The zero-order valence-electron chi connectivity index (χ0n) is 13.0. The predicted molar refractivity (Wildman–Crippen MR) is 88.6 cm³/mol. The van der Waals surface area contributed by atoms with Gasteiger partial charge >= 0.3 is 0 Å². The Balaban J connectivity index is 1.58. The maximum atomic E-state index is 13.7. The highest BCUT2D eigenvalue weighted by Gasteiger charge is 2.22. The molecule has 4 heteroatoms. The summed E-state index contributed by atoms with van der Waals surface area (Å²) in [6.45, 7) is 2.71. The Morgan fingerprint density at radius 2 is 1.87 bits per heavy atom. The number of nitrogens with zero attached hydrogens (tertiary/aromatic N) is 1. The van der Waals surface area contributed by atoms with Gasteiger partial charge in [0.1, 0.15) is 5.82 Å². The molecule has 0 radical (unpaired) electrons. The molecule has 1 aliphatic heterocycles. The first-order valence-corrected chi connectivity index (χ1v) is 8.04. The van der Waals surface area contributed by atoms with Crippen molar-refractivity contribution < 1.29 is 9.18 Å². The summed E-state index contributed by atoms with van der Waals surface area (Å²) in [7, 11) is 0. The molecule has 3 nitrogen and oxygen atoms in total. The van der Waals surface area contributed by atoms with E-state index in [2.05, 4.69) is 22.3 Å². The SMILES string of the molecule is O=C(N[C@H]1CCCN(Cc2ccccc2)C1)c1ccccc1F. The Kier molecular flexibility index (Phi) is 5.03. The van der Waals surface area contributed by atoms with Crippen LogP contribution in [-0.2, 0) is 6.54 Å². The van der Waals surface area contributed by atoms with E-state index in [1.54, 1.807) is 12.1 Å². The highest BCUT2D eigenvalue weighted by molar-refractivity contribution is 5.94. The van der Waals surface area contributed by atoms with E-state index in [0.29, 0.717) is 0 Å². The van der Waals surface area contributed by atoms with Gasteiger partial charge in [-0.15, -0.1) is 0 Å².